The third-order valence-corrected chi connectivity index (χ3v) is 4.49. The molecule has 1 atom stereocenters. The molecule has 5 heteroatoms. The van der Waals surface area contributed by atoms with Gasteiger partial charge in [0, 0.05) is 38.1 Å². The smallest absolute Gasteiger partial charge is 0.260 e. The predicted octanol–water partition coefficient (Wildman–Crippen LogP) is 2.63. The molecule has 1 aliphatic rings. The van der Waals surface area contributed by atoms with Gasteiger partial charge in [-0.15, -0.1) is 0 Å². The van der Waals surface area contributed by atoms with E-state index in [1.165, 1.54) is 5.56 Å². The van der Waals surface area contributed by atoms with Crippen molar-refractivity contribution >= 4 is 5.91 Å². The quantitative estimate of drug-likeness (QED) is 0.879. The lowest BCUT2D eigenvalue weighted by Gasteiger charge is -2.32. The number of ether oxygens (including phenoxy) is 1. The van der Waals surface area contributed by atoms with Crippen molar-refractivity contribution in [1.82, 2.24) is 15.2 Å². The molecule has 0 radical (unpaired) electrons. The van der Waals surface area contributed by atoms with Gasteiger partial charge in [-0.3, -0.25) is 14.7 Å². The van der Waals surface area contributed by atoms with Crippen LogP contribution in [0.3, 0.4) is 0 Å². The first-order chi connectivity index (χ1) is 12.2. The predicted molar refractivity (Wildman–Crippen MR) is 97.2 cm³/mol. The monoisotopic (exact) mass is 339 g/mol. The average Bonchev–Trinajstić information content (AvgIpc) is 2.65. The van der Waals surface area contributed by atoms with Crippen LogP contribution in [0.5, 0.6) is 5.75 Å². The fourth-order valence-electron chi connectivity index (χ4n) is 3.06. The molecule has 3 rings (SSSR count). The molecule has 5 nitrogen and oxygen atoms in total. The van der Waals surface area contributed by atoms with Gasteiger partial charge < -0.3 is 10.1 Å². The Bertz CT molecular complexity index is 655. The van der Waals surface area contributed by atoms with E-state index in [1.54, 1.807) is 13.1 Å². The number of pyridine rings is 1. The lowest BCUT2D eigenvalue weighted by molar-refractivity contribution is -0.128. The molecular formula is C20H25N3O2. The van der Waals surface area contributed by atoms with Crippen molar-refractivity contribution in [2.75, 3.05) is 13.1 Å². The zero-order chi connectivity index (χ0) is 17.5. The second-order valence-electron chi connectivity index (χ2n) is 6.49. The van der Waals surface area contributed by atoms with E-state index in [2.05, 4.69) is 21.3 Å². The summed E-state index contributed by atoms with van der Waals surface area (Å²) < 4.78 is 5.69. The van der Waals surface area contributed by atoms with Crippen LogP contribution >= 0.6 is 0 Å². The number of aromatic nitrogens is 1. The van der Waals surface area contributed by atoms with Gasteiger partial charge in [-0.2, -0.15) is 0 Å². The molecule has 1 aliphatic heterocycles. The molecule has 0 saturated carbocycles. The number of rotatable bonds is 6. The van der Waals surface area contributed by atoms with E-state index in [-0.39, 0.29) is 11.9 Å². The van der Waals surface area contributed by atoms with E-state index in [4.69, 9.17) is 4.74 Å². The van der Waals surface area contributed by atoms with Gasteiger partial charge in [-0.25, -0.2) is 0 Å². The molecule has 2 aromatic rings. The van der Waals surface area contributed by atoms with E-state index in [0.717, 1.165) is 38.2 Å². The zero-order valence-corrected chi connectivity index (χ0v) is 14.6. The Morgan fingerprint density at radius 1 is 1.24 bits per heavy atom. The van der Waals surface area contributed by atoms with Gasteiger partial charge in [0.15, 0.2) is 6.10 Å². The number of amides is 1. The van der Waals surface area contributed by atoms with E-state index in [0.29, 0.717) is 0 Å². The van der Waals surface area contributed by atoms with Crippen LogP contribution in [0.4, 0.5) is 0 Å². The third-order valence-electron chi connectivity index (χ3n) is 4.49. The molecule has 25 heavy (non-hydrogen) atoms. The summed E-state index contributed by atoms with van der Waals surface area (Å²) in [5.41, 5.74) is 1.23. The number of nitrogens with one attached hydrogen (secondary N) is 1. The van der Waals surface area contributed by atoms with Gasteiger partial charge in [-0.1, -0.05) is 24.3 Å². The number of para-hydroxylation sites is 1. The lowest BCUT2D eigenvalue weighted by atomic mass is 10.0. The molecule has 1 aromatic heterocycles. The number of piperidine rings is 1. The molecule has 1 N–H and O–H groups in total. The van der Waals surface area contributed by atoms with Gasteiger partial charge in [0.25, 0.3) is 5.91 Å². The number of carbonyl (C=O) groups is 1. The van der Waals surface area contributed by atoms with Crippen LogP contribution in [0.15, 0.2) is 54.9 Å². The Hall–Kier alpha value is -2.40. The maximum absolute atomic E-state index is 12.3. The standard InChI is InChI=1S/C20H25N3O2/c1-16(25-19-7-3-2-4-8-19)20(24)22-18-9-12-23(13-10-18)15-17-6-5-11-21-14-17/h2-8,11,14,16,18H,9-10,12-13,15H2,1H3,(H,22,24)/t16-/m1/s1. The van der Waals surface area contributed by atoms with Gasteiger partial charge in [0.05, 0.1) is 0 Å². The Morgan fingerprint density at radius 2 is 2.00 bits per heavy atom. The van der Waals surface area contributed by atoms with Gasteiger partial charge in [-0.05, 0) is 43.5 Å². The zero-order valence-electron chi connectivity index (χ0n) is 14.6. The Morgan fingerprint density at radius 3 is 2.68 bits per heavy atom. The largest absolute Gasteiger partial charge is 0.481 e. The summed E-state index contributed by atoms with van der Waals surface area (Å²) in [7, 11) is 0. The van der Waals surface area contributed by atoms with E-state index >= 15 is 0 Å². The van der Waals surface area contributed by atoms with Crippen LogP contribution in [-0.2, 0) is 11.3 Å². The molecule has 1 saturated heterocycles. The number of hydrogen-bond acceptors (Lipinski definition) is 4. The molecule has 2 heterocycles. The van der Waals surface area contributed by atoms with Crippen LogP contribution in [0.25, 0.3) is 0 Å². The first kappa shape index (κ1) is 17.4. The highest BCUT2D eigenvalue weighted by Gasteiger charge is 2.23. The Kier molecular flexibility index (Phi) is 6.01. The van der Waals surface area contributed by atoms with Gasteiger partial charge in [0.1, 0.15) is 5.75 Å². The number of likely N-dealkylation sites (tertiary alicyclic amines) is 1. The maximum atomic E-state index is 12.3. The van der Waals surface area contributed by atoms with Gasteiger partial charge in [0.2, 0.25) is 0 Å². The summed E-state index contributed by atoms with van der Waals surface area (Å²) in [6.45, 7) is 4.67. The minimum atomic E-state index is -0.490. The summed E-state index contributed by atoms with van der Waals surface area (Å²) >= 11 is 0. The Labute approximate surface area is 149 Å². The van der Waals surface area contributed by atoms with Crippen molar-refractivity contribution in [2.45, 2.75) is 38.5 Å². The van der Waals surface area contributed by atoms with Crippen LogP contribution < -0.4 is 10.1 Å². The number of carbonyl (C=O) groups excluding carboxylic acids is 1. The number of benzene rings is 1. The van der Waals surface area contributed by atoms with E-state index in [9.17, 15) is 4.79 Å². The minimum absolute atomic E-state index is 0.0467. The SMILES string of the molecule is C[C@@H](Oc1ccccc1)C(=O)NC1CCN(Cc2cccnc2)CC1. The fourth-order valence-corrected chi connectivity index (χ4v) is 3.06. The topological polar surface area (TPSA) is 54.5 Å². The summed E-state index contributed by atoms with van der Waals surface area (Å²) in [4.78, 5) is 18.9. The lowest BCUT2D eigenvalue weighted by Crippen LogP contribution is -2.47. The van der Waals surface area contributed by atoms with E-state index in [1.807, 2.05) is 42.6 Å². The van der Waals surface area contributed by atoms with Crippen molar-refractivity contribution in [2.24, 2.45) is 0 Å². The summed E-state index contributed by atoms with van der Waals surface area (Å²) in [5.74, 6) is 0.672. The van der Waals surface area contributed by atoms with Crippen LogP contribution in [0, 0.1) is 0 Å². The number of nitrogens with zero attached hydrogens (tertiary/aromatic N) is 2. The van der Waals surface area contributed by atoms with Crippen molar-refractivity contribution in [1.29, 1.82) is 0 Å². The van der Waals surface area contributed by atoms with E-state index < -0.39 is 6.10 Å². The third kappa shape index (κ3) is 5.29. The van der Waals surface area contributed by atoms with Gasteiger partial charge >= 0.3 is 0 Å². The van der Waals surface area contributed by atoms with Crippen LogP contribution in [0.1, 0.15) is 25.3 Å². The van der Waals surface area contributed by atoms with Crippen molar-refractivity contribution in [3.8, 4) is 5.75 Å². The van der Waals surface area contributed by atoms with Crippen LogP contribution in [0.2, 0.25) is 0 Å². The molecule has 0 aliphatic carbocycles. The maximum Gasteiger partial charge on any atom is 0.260 e. The number of hydrogen-bond donors (Lipinski definition) is 1. The summed E-state index contributed by atoms with van der Waals surface area (Å²) in [5, 5.41) is 3.12. The molecule has 1 aromatic carbocycles. The summed E-state index contributed by atoms with van der Waals surface area (Å²) in [6, 6.07) is 13.7. The molecular weight excluding hydrogens is 314 g/mol. The average molecular weight is 339 g/mol. The molecule has 0 bridgehead atoms. The highest BCUT2D eigenvalue weighted by atomic mass is 16.5. The molecule has 0 unspecified atom stereocenters. The summed E-state index contributed by atoms with van der Waals surface area (Å²) in [6.07, 6.45) is 5.14. The minimum Gasteiger partial charge on any atom is -0.481 e. The fraction of sp³-hybridized carbons (Fsp3) is 0.400. The van der Waals surface area contributed by atoms with Crippen molar-refractivity contribution in [3.05, 3.63) is 60.4 Å². The molecule has 0 spiro atoms. The normalized spacial score (nSPS) is 17.0. The van der Waals surface area contributed by atoms with Crippen LogP contribution in [-0.4, -0.2) is 41.0 Å². The Balaban J connectivity index is 1.41. The highest BCUT2D eigenvalue weighted by Crippen LogP contribution is 2.15. The molecule has 1 amide bonds. The second kappa shape index (κ2) is 8.62. The molecule has 1 fully saturated rings. The first-order valence-corrected chi connectivity index (χ1v) is 8.84. The second-order valence-corrected chi connectivity index (χ2v) is 6.49. The first-order valence-electron chi connectivity index (χ1n) is 8.84. The van der Waals surface area contributed by atoms with Crippen molar-refractivity contribution in [3.63, 3.8) is 0 Å². The molecule has 132 valence electrons. The highest BCUT2D eigenvalue weighted by molar-refractivity contribution is 5.81. The van der Waals surface area contributed by atoms with Crippen molar-refractivity contribution < 1.29 is 9.53 Å².